The molecule has 0 aliphatic carbocycles. The van der Waals surface area contributed by atoms with E-state index < -0.39 is 34.3 Å². The van der Waals surface area contributed by atoms with Crippen LogP contribution in [-0.2, 0) is 26.2 Å². The van der Waals surface area contributed by atoms with Crippen molar-refractivity contribution >= 4 is 27.5 Å². The molecule has 4 rings (SSSR count). The SMILES string of the molecule is CC[C@@H](C(=O)NCC(C)C)N(Cc1ccc(F)cc1)C(=O)CN(c1ccc(Oc2ccccc2)cc1)S(=O)(=O)c1ccc(C)cc1. The Labute approximate surface area is 270 Å². The quantitative estimate of drug-likeness (QED) is 0.165. The van der Waals surface area contributed by atoms with Gasteiger partial charge in [0.05, 0.1) is 10.6 Å². The normalized spacial score (nSPS) is 12.0. The molecular formula is C36H40FN3O5S. The molecule has 242 valence electrons. The predicted molar refractivity (Wildman–Crippen MR) is 178 cm³/mol. The maximum Gasteiger partial charge on any atom is 0.264 e. The first kappa shape index (κ1) is 34.2. The van der Waals surface area contributed by atoms with Gasteiger partial charge in [-0.3, -0.25) is 13.9 Å². The van der Waals surface area contributed by atoms with Gasteiger partial charge in [-0.1, -0.05) is 68.8 Å². The average molecular weight is 646 g/mol. The molecule has 0 aromatic heterocycles. The molecule has 0 bridgehead atoms. The number of carbonyl (C=O) groups is 2. The molecule has 0 unspecified atom stereocenters. The summed E-state index contributed by atoms with van der Waals surface area (Å²) in [6.45, 7) is 7.39. The average Bonchev–Trinajstić information content (AvgIpc) is 3.04. The second-order valence-corrected chi connectivity index (χ2v) is 13.3. The number of nitrogens with one attached hydrogen (secondary N) is 1. The highest BCUT2D eigenvalue weighted by atomic mass is 32.2. The van der Waals surface area contributed by atoms with Crippen molar-refractivity contribution in [2.45, 2.75) is 51.6 Å². The van der Waals surface area contributed by atoms with Gasteiger partial charge in [-0.15, -0.1) is 0 Å². The summed E-state index contributed by atoms with van der Waals surface area (Å²) in [7, 11) is -4.23. The van der Waals surface area contributed by atoms with Crippen LogP contribution < -0.4 is 14.4 Å². The minimum atomic E-state index is -4.23. The van der Waals surface area contributed by atoms with Crippen LogP contribution in [0.25, 0.3) is 0 Å². The molecule has 0 radical (unpaired) electrons. The summed E-state index contributed by atoms with van der Waals surface area (Å²) >= 11 is 0. The van der Waals surface area contributed by atoms with Crippen molar-refractivity contribution in [1.29, 1.82) is 0 Å². The summed E-state index contributed by atoms with van der Waals surface area (Å²) in [4.78, 5) is 29.0. The number of hydrogen-bond donors (Lipinski definition) is 1. The van der Waals surface area contributed by atoms with Crippen LogP contribution in [0.5, 0.6) is 11.5 Å². The second kappa shape index (κ2) is 15.5. The molecule has 2 amide bonds. The smallest absolute Gasteiger partial charge is 0.264 e. The van der Waals surface area contributed by atoms with Crippen LogP contribution in [0.3, 0.4) is 0 Å². The van der Waals surface area contributed by atoms with E-state index in [0.717, 1.165) is 9.87 Å². The van der Waals surface area contributed by atoms with E-state index in [4.69, 9.17) is 4.74 Å². The molecule has 0 heterocycles. The highest BCUT2D eigenvalue weighted by molar-refractivity contribution is 7.92. The lowest BCUT2D eigenvalue weighted by atomic mass is 10.1. The Morgan fingerprint density at radius 2 is 1.46 bits per heavy atom. The molecule has 1 atom stereocenters. The third-order valence-corrected chi connectivity index (χ3v) is 9.12. The predicted octanol–water partition coefficient (Wildman–Crippen LogP) is 6.70. The highest BCUT2D eigenvalue weighted by Crippen LogP contribution is 2.29. The Balaban J connectivity index is 1.71. The summed E-state index contributed by atoms with van der Waals surface area (Å²) in [5, 5.41) is 2.90. The van der Waals surface area contributed by atoms with E-state index in [1.54, 1.807) is 67.6 Å². The topological polar surface area (TPSA) is 96.0 Å². The third kappa shape index (κ3) is 8.94. The van der Waals surface area contributed by atoms with Gasteiger partial charge in [0.1, 0.15) is 29.9 Å². The minimum absolute atomic E-state index is 0.0160. The molecular weight excluding hydrogens is 605 g/mol. The number of rotatable bonds is 14. The second-order valence-electron chi connectivity index (χ2n) is 11.4. The molecule has 0 saturated heterocycles. The van der Waals surface area contributed by atoms with Crippen LogP contribution in [0.15, 0.2) is 108 Å². The van der Waals surface area contributed by atoms with Crippen molar-refractivity contribution in [1.82, 2.24) is 10.2 Å². The summed E-state index contributed by atoms with van der Waals surface area (Å²) in [5.41, 5.74) is 1.72. The number of halogens is 1. The van der Waals surface area contributed by atoms with E-state index in [1.165, 1.54) is 29.2 Å². The zero-order valence-electron chi connectivity index (χ0n) is 26.5. The lowest BCUT2D eigenvalue weighted by Gasteiger charge is -2.33. The van der Waals surface area contributed by atoms with Crippen molar-refractivity contribution in [2.24, 2.45) is 5.92 Å². The van der Waals surface area contributed by atoms with Crippen LogP contribution in [0.1, 0.15) is 38.3 Å². The number of ether oxygens (including phenoxy) is 1. The van der Waals surface area contributed by atoms with E-state index in [9.17, 15) is 22.4 Å². The number of para-hydroxylation sites is 1. The van der Waals surface area contributed by atoms with E-state index in [0.29, 0.717) is 23.6 Å². The van der Waals surface area contributed by atoms with Gasteiger partial charge in [0.15, 0.2) is 0 Å². The standard InChI is InChI=1S/C36H40FN3O5S/c1-5-34(36(42)38-23-26(2)3)39(24-28-13-15-29(37)16-14-28)35(41)25-40(46(43,44)33-21-11-27(4)12-22-33)30-17-19-32(20-18-30)45-31-9-7-6-8-10-31/h6-22,26,34H,5,23-25H2,1-4H3,(H,38,42)/t34-/m0/s1. The first-order valence-electron chi connectivity index (χ1n) is 15.2. The Morgan fingerprint density at radius 3 is 2.04 bits per heavy atom. The fourth-order valence-electron chi connectivity index (χ4n) is 4.80. The molecule has 0 saturated carbocycles. The Hall–Kier alpha value is -4.70. The molecule has 4 aromatic carbocycles. The number of amides is 2. The fraction of sp³-hybridized carbons (Fsp3) is 0.278. The Kier molecular flexibility index (Phi) is 11.5. The summed E-state index contributed by atoms with van der Waals surface area (Å²) in [6, 6.07) is 26.7. The number of nitrogens with zero attached hydrogens (tertiary/aromatic N) is 2. The molecule has 8 nitrogen and oxygen atoms in total. The van der Waals surface area contributed by atoms with Gasteiger partial charge in [-0.05, 0) is 85.5 Å². The van der Waals surface area contributed by atoms with Crippen molar-refractivity contribution in [3.8, 4) is 11.5 Å². The monoisotopic (exact) mass is 645 g/mol. The zero-order chi connectivity index (χ0) is 33.3. The van der Waals surface area contributed by atoms with Crippen LogP contribution in [-0.4, -0.2) is 44.3 Å². The molecule has 10 heteroatoms. The Morgan fingerprint density at radius 1 is 0.848 bits per heavy atom. The number of carbonyl (C=O) groups excluding carboxylic acids is 2. The van der Waals surface area contributed by atoms with E-state index >= 15 is 0 Å². The fourth-order valence-corrected chi connectivity index (χ4v) is 6.21. The van der Waals surface area contributed by atoms with Crippen LogP contribution in [0.2, 0.25) is 0 Å². The van der Waals surface area contributed by atoms with Crippen LogP contribution in [0.4, 0.5) is 10.1 Å². The van der Waals surface area contributed by atoms with Gasteiger partial charge in [0.25, 0.3) is 10.0 Å². The van der Waals surface area contributed by atoms with Gasteiger partial charge in [-0.25, -0.2) is 12.8 Å². The third-order valence-electron chi connectivity index (χ3n) is 7.33. The molecule has 1 N–H and O–H groups in total. The lowest BCUT2D eigenvalue weighted by Crippen LogP contribution is -2.52. The number of sulfonamides is 1. The van der Waals surface area contributed by atoms with Gasteiger partial charge in [0.2, 0.25) is 11.8 Å². The van der Waals surface area contributed by atoms with Gasteiger partial charge < -0.3 is 15.0 Å². The number of anilines is 1. The van der Waals surface area contributed by atoms with Crippen molar-refractivity contribution in [3.63, 3.8) is 0 Å². The largest absolute Gasteiger partial charge is 0.457 e. The first-order chi connectivity index (χ1) is 22.0. The minimum Gasteiger partial charge on any atom is -0.457 e. The maximum absolute atomic E-state index is 14.2. The molecule has 0 aliphatic heterocycles. The summed E-state index contributed by atoms with van der Waals surface area (Å²) in [5.74, 6) is -0.0737. The van der Waals surface area contributed by atoms with E-state index in [1.807, 2.05) is 39.0 Å². The molecule has 4 aromatic rings. The van der Waals surface area contributed by atoms with Gasteiger partial charge >= 0.3 is 0 Å². The summed E-state index contributed by atoms with van der Waals surface area (Å²) in [6.07, 6.45) is 0.285. The van der Waals surface area contributed by atoms with Crippen molar-refractivity contribution < 1.29 is 27.1 Å². The van der Waals surface area contributed by atoms with E-state index in [2.05, 4.69) is 5.32 Å². The lowest BCUT2D eigenvalue weighted by molar-refractivity contribution is -0.140. The Bertz CT molecular complexity index is 1700. The first-order valence-corrected chi connectivity index (χ1v) is 16.7. The highest BCUT2D eigenvalue weighted by Gasteiger charge is 2.33. The maximum atomic E-state index is 14.2. The van der Waals surface area contributed by atoms with Crippen LogP contribution in [0, 0.1) is 18.7 Å². The molecule has 0 aliphatic rings. The molecule has 46 heavy (non-hydrogen) atoms. The van der Waals surface area contributed by atoms with Crippen LogP contribution >= 0.6 is 0 Å². The van der Waals surface area contributed by atoms with Gasteiger partial charge in [0, 0.05) is 13.1 Å². The van der Waals surface area contributed by atoms with Gasteiger partial charge in [-0.2, -0.15) is 0 Å². The van der Waals surface area contributed by atoms with Crippen molar-refractivity contribution in [3.05, 3.63) is 120 Å². The summed E-state index contributed by atoms with van der Waals surface area (Å²) < 4.78 is 48.9. The van der Waals surface area contributed by atoms with E-state index in [-0.39, 0.29) is 35.4 Å². The molecule has 0 fully saturated rings. The number of benzene rings is 4. The number of aryl methyl sites for hydroxylation is 1. The zero-order valence-corrected chi connectivity index (χ0v) is 27.3. The molecule has 0 spiro atoms. The number of hydrogen-bond acceptors (Lipinski definition) is 5. The van der Waals surface area contributed by atoms with Crippen molar-refractivity contribution in [2.75, 3.05) is 17.4 Å².